The predicted octanol–water partition coefficient (Wildman–Crippen LogP) is 3.53. The van der Waals surface area contributed by atoms with Crippen LogP contribution in [0.3, 0.4) is 0 Å². The summed E-state index contributed by atoms with van der Waals surface area (Å²) in [6.07, 6.45) is 0. The van der Waals surface area contributed by atoms with Crippen LogP contribution in [0.15, 0.2) is 48.5 Å². The van der Waals surface area contributed by atoms with E-state index in [9.17, 15) is 9.59 Å². The third-order valence-corrected chi connectivity index (χ3v) is 2.83. The number of rotatable bonds is 5. The second kappa shape index (κ2) is 6.70. The molecule has 0 bridgehead atoms. The lowest BCUT2D eigenvalue weighted by atomic mass is 10.1. The van der Waals surface area contributed by atoms with Crippen LogP contribution in [0, 0.1) is 6.92 Å². The number of esters is 1. The van der Waals surface area contributed by atoms with Gasteiger partial charge < -0.3 is 9.47 Å². The summed E-state index contributed by atoms with van der Waals surface area (Å²) in [5.41, 5.74) is 1.43. The van der Waals surface area contributed by atoms with Crippen molar-refractivity contribution in [2.45, 2.75) is 13.8 Å². The number of carbonyl (C=O) groups is 2. The van der Waals surface area contributed by atoms with Crippen molar-refractivity contribution in [3.63, 3.8) is 0 Å². The summed E-state index contributed by atoms with van der Waals surface area (Å²) in [5, 5.41) is 0. The monoisotopic (exact) mass is 284 g/mol. The minimum absolute atomic E-state index is 0.180. The lowest BCUT2D eigenvalue weighted by Crippen LogP contribution is -2.17. The second-order valence-electron chi connectivity index (χ2n) is 4.49. The van der Waals surface area contributed by atoms with Gasteiger partial charge in [0.15, 0.2) is 0 Å². The zero-order valence-electron chi connectivity index (χ0n) is 12.0. The smallest absolute Gasteiger partial charge is 0.379 e. The van der Waals surface area contributed by atoms with Crippen LogP contribution in [0.1, 0.15) is 22.8 Å². The summed E-state index contributed by atoms with van der Waals surface area (Å²) >= 11 is 0. The molecule has 0 atom stereocenters. The molecule has 108 valence electrons. The van der Waals surface area contributed by atoms with Gasteiger partial charge in [-0.05, 0) is 50.2 Å². The van der Waals surface area contributed by atoms with Crippen molar-refractivity contribution in [3.8, 4) is 11.5 Å². The molecule has 0 unspecified atom stereocenters. The van der Waals surface area contributed by atoms with Crippen LogP contribution in [0.25, 0.3) is 0 Å². The van der Waals surface area contributed by atoms with E-state index in [4.69, 9.17) is 4.74 Å². The molecule has 0 radical (unpaired) electrons. The van der Waals surface area contributed by atoms with E-state index >= 15 is 0 Å². The van der Waals surface area contributed by atoms with E-state index in [1.54, 1.807) is 31.2 Å². The molecule has 0 aliphatic rings. The van der Waals surface area contributed by atoms with Gasteiger partial charge in [0, 0.05) is 5.56 Å². The Hall–Kier alpha value is -2.62. The summed E-state index contributed by atoms with van der Waals surface area (Å²) < 4.78 is 10.3. The Kier molecular flexibility index (Phi) is 4.72. The molecule has 21 heavy (non-hydrogen) atoms. The highest BCUT2D eigenvalue weighted by atomic mass is 16.5. The predicted molar refractivity (Wildman–Crippen MR) is 78.7 cm³/mol. The van der Waals surface area contributed by atoms with Gasteiger partial charge in [0.05, 0.1) is 6.61 Å². The minimum atomic E-state index is -0.843. The molecule has 0 aliphatic heterocycles. The fourth-order valence-corrected chi connectivity index (χ4v) is 1.73. The Morgan fingerprint density at radius 1 is 0.905 bits per heavy atom. The Morgan fingerprint density at radius 3 is 1.95 bits per heavy atom. The van der Waals surface area contributed by atoms with E-state index in [0.29, 0.717) is 11.5 Å². The Bertz CT molecular complexity index is 627. The van der Waals surface area contributed by atoms with Gasteiger partial charge in [0.2, 0.25) is 0 Å². The van der Waals surface area contributed by atoms with Gasteiger partial charge in [0.25, 0.3) is 5.78 Å². The van der Waals surface area contributed by atoms with Gasteiger partial charge in [-0.1, -0.05) is 17.7 Å². The molecule has 0 saturated carbocycles. The minimum Gasteiger partial charge on any atom is -0.460 e. The first kappa shape index (κ1) is 14.8. The van der Waals surface area contributed by atoms with Gasteiger partial charge in [-0.3, -0.25) is 4.79 Å². The topological polar surface area (TPSA) is 52.6 Å². The van der Waals surface area contributed by atoms with Crippen molar-refractivity contribution in [2.75, 3.05) is 6.61 Å². The maximum absolute atomic E-state index is 11.7. The molecule has 4 heteroatoms. The maximum Gasteiger partial charge on any atom is 0.379 e. The maximum atomic E-state index is 11.7. The van der Waals surface area contributed by atoms with Crippen LogP contribution < -0.4 is 4.74 Å². The average molecular weight is 284 g/mol. The highest BCUT2D eigenvalue weighted by molar-refractivity contribution is 6.40. The SMILES string of the molecule is CCOC(=O)C(=O)c1ccc(Oc2ccc(C)cc2)cc1. The molecule has 0 N–H and O–H groups in total. The first-order valence-corrected chi connectivity index (χ1v) is 6.66. The average Bonchev–Trinajstić information content (AvgIpc) is 2.50. The third-order valence-electron chi connectivity index (χ3n) is 2.83. The number of hydrogen-bond donors (Lipinski definition) is 0. The van der Waals surface area contributed by atoms with Crippen molar-refractivity contribution in [1.29, 1.82) is 0 Å². The van der Waals surface area contributed by atoms with E-state index in [1.807, 2.05) is 31.2 Å². The number of ketones is 1. The molecule has 0 fully saturated rings. The molecule has 0 spiro atoms. The molecule has 2 aromatic carbocycles. The quantitative estimate of drug-likeness (QED) is 0.479. The molecule has 0 saturated heterocycles. The van der Waals surface area contributed by atoms with Crippen molar-refractivity contribution in [2.24, 2.45) is 0 Å². The molecular weight excluding hydrogens is 268 g/mol. The summed E-state index contributed by atoms with van der Waals surface area (Å²) in [4.78, 5) is 23.1. The van der Waals surface area contributed by atoms with Gasteiger partial charge in [0.1, 0.15) is 11.5 Å². The van der Waals surface area contributed by atoms with E-state index in [0.717, 1.165) is 5.56 Å². The Morgan fingerprint density at radius 2 is 1.43 bits per heavy atom. The lowest BCUT2D eigenvalue weighted by Gasteiger charge is -2.06. The summed E-state index contributed by atoms with van der Waals surface area (Å²) in [5.74, 6) is -0.187. The van der Waals surface area contributed by atoms with Gasteiger partial charge >= 0.3 is 5.97 Å². The first-order chi connectivity index (χ1) is 10.1. The molecule has 2 rings (SSSR count). The fourth-order valence-electron chi connectivity index (χ4n) is 1.73. The summed E-state index contributed by atoms with van der Waals surface area (Å²) in [6.45, 7) is 3.84. The van der Waals surface area contributed by atoms with Gasteiger partial charge in [-0.25, -0.2) is 4.79 Å². The van der Waals surface area contributed by atoms with Crippen molar-refractivity contribution in [1.82, 2.24) is 0 Å². The summed E-state index contributed by atoms with van der Waals surface area (Å²) in [7, 11) is 0. The van der Waals surface area contributed by atoms with Crippen LogP contribution in [0.4, 0.5) is 0 Å². The number of carbonyl (C=O) groups excluding carboxylic acids is 2. The van der Waals surface area contributed by atoms with Crippen LogP contribution in [0.5, 0.6) is 11.5 Å². The van der Waals surface area contributed by atoms with Crippen molar-refractivity contribution >= 4 is 11.8 Å². The van der Waals surface area contributed by atoms with Crippen LogP contribution >= 0.6 is 0 Å². The fraction of sp³-hybridized carbons (Fsp3) is 0.176. The standard InChI is InChI=1S/C17H16O4/c1-3-20-17(19)16(18)13-6-10-15(11-7-13)21-14-8-4-12(2)5-9-14/h4-11H,3H2,1-2H3. The normalized spacial score (nSPS) is 10.0. The van der Waals surface area contributed by atoms with Crippen LogP contribution in [-0.4, -0.2) is 18.4 Å². The Balaban J connectivity index is 2.06. The molecule has 0 aliphatic carbocycles. The Labute approximate surface area is 123 Å². The largest absolute Gasteiger partial charge is 0.460 e. The van der Waals surface area contributed by atoms with Gasteiger partial charge in [-0.2, -0.15) is 0 Å². The number of benzene rings is 2. The van der Waals surface area contributed by atoms with E-state index in [-0.39, 0.29) is 12.2 Å². The highest BCUT2D eigenvalue weighted by Gasteiger charge is 2.17. The molecule has 4 nitrogen and oxygen atoms in total. The number of ether oxygens (including phenoxy) is 2. The molecule has 2 aromatic rings. The number of hydrogen-bond acceptors (Lipinski definition) is 4. The van der Waals surface area contributed by atoms with Gasteiger partial charge in [-0.15, -0.1) is 0 Å². The van der Waals surface area contributed by atoms with E-state index in [1.165, 1.54) is 0 Å². The zero-order valence-corrected chi connectivity index (χ0v) is 12.0. The first-order valence-electron chi connectivity index (χ1n) is 6.66. The highest BCUT2D eigenvalue weighted by Crippen LogP contribution is 2.22. The zero-order chi connectivity index (χ0) is 15.2. The second-order valence-corrected chi connectivity index (χ2v) is 4.49. The third kappa shape index (κ3) is 3.92. The van der Waals surface area contributed by atoms with E-state index in [2.05, 4.69) is 4.74 Å². The molecule has 0 amide bonds. The molecular formula is C17H16O4. The van der Waals surface area contributed by atoms with Crippen molar-refractivity contribution < 1.29 is 19.1 Å². The van der Waals surface area contributed by atoms with Crippen molar-refractivity contribution in [3.05, 3.63) is 59.7 Å². The number of Topliss-reactive ketones (excluding diaryl/α,β-unsaturated/α-hetero) is 1. The molecule has 0 heterocycles. The van der Waals surface area contributed by atoms with Crippen LogP contribution in [0.2, 0.25) is 0 Å². The lowest BCUT2D eigenvalue weighted by molar-refractivity contribution is -0.137. The van der Waals surface area contributed by atoms with E-state index < -0.39 is 11.8 Å². The number of aryl methyl sites for hydroxylation is 1. The van der Waals surface area contributed by atoms with Crippen LogP contribution in [-0.2, 0) is 9.53 Å². The molecule has 0 aromatic heterocycles. The summed E-state index contributed by atoms with van der Waals surface area (Å²) in [6, 6.07) is 14.0.